The molecule has 1 saturated heterocycles. The average Bonchev–Trinajstić information content (AvgIpc) is 3.83. The highest BCUT2D eigenvalue weighted by atomic mass is 16.5. The number of carbonyl (C=O) groups is 2. The maximum Gasteiger partial charge on any atom is 0.271 e. The third-order valence-corrected chi connectivity index (χ3v) is 7.63. The number of piperidine rings is 1. The summed E-state index contributed by atoms with van der Waals surface area (Å²) in [4.78, 5) is 36.4. The number of hydrogen-bond donors (Lipinski definition) is 3. The first-order valence-electron chi connectivity index (χ1n) is 14.3. The standard InChI is InChI=1S/C31H38N6O4/c1-3-40-17-18-41-25-14-12-24(13-15-25)34-30-28(29(32)38)33-19-27(36-30)37-16-4-5-26(20(37)2)35-31(39)23-10-8-22(9-11-23)21-6-7-21/h8-15,19-21,26H,3-7,16-18H2,1-2H3,(H2,32,38)(H,34,36)(H,35,39)/t20-,26-/m1/s1. The van der Waals surface area contributed by atoms with Gasteiger partial charge in [0.1, 0.15) is 18.2 Å². The van der Waals surface area contributed by atoms with E-state index >= 15 is 0 Å². The van der Waals surface area contributed by atoms with Crippen molar-refractivity contribution in [3.8, 4) is 5.75 Å². The smallest absolute Gasteiger partial charge is 0.271 e. The molecule has 2 aliphatic rings. The summed E-state index contributed by atoms with van der Waals surface area (Å²) in [5, 5.41) is 6.40. The second-order valence-corrected chi connectivity index (χ2v) is 10.5. The number of rotatable bonds is 12. The van der Waals surface area contributed by atoms with Crippen molar-refractivity contribution in [1.82, 2.24) is 15.3 Å². The summed E-state index contributed by atoms with van der Waals surface area (Å²) in [6.07, 6.45) is 5.78. The molecule has 0 bridgehead atoms. The molecule has 3 aromatic rings. The van der Waals surface area contributed by atoms with Crippen LogP contribution >= 0.6 is 0 Å². The van der Waals surface area contributed by atoms with E-state index in [4.69, 9.17) is 20.2 Å². The van der Waals surface area contributed by atoms with Crippen LogP contribution in [0.2, 0.25) is 0 Å². The van der Waals surface area contributed by atoms with Crippen molar-refractivity contribution in [1.29, 1.82) is 0 Å². The quantitative estimate of drug-likeness (QED) is 0.279. The van der Waals surface area contributed by atoms with Crippen molar-refractivity contribution in [3.63, 3.8) is 0 Å². The van der Waals surface area contributed by atoms with Gasteiger partial charge in [-0.05, 0) is 87.4 Å². The van der Waals surface area contributed by atoms with E-state index in [9.17, 15) is 9.59 Å². The molecular weight excluding hydrogens is 520 g/mol. The highest BCUT2D eigenvalue weighted by Crippen LogP contribution is 2.40. The molecule has 2 aromatic carbocycles. The second-order valence-electron chi connectivity index (χ2n) is 10.5. The van der Waals surface area contributed by atoms with Crippen LogP contribution in [0, 0.1) is 0 Å². The van der Waals surface area contributed by atoms with Crippen LogP contribution in [0.1, 0.15) is 71.9 Å². The van der Waals surface area contributed by atoms with Crippen molar-refractivity contribution in [3.05, 3.63) is 71.5 Å². The largest absolute Gasteiger partial charge is 0.491 e. The summed E-state index contributed by atoms with van der Waals surface area (Å²) in [6, 6.07) is 15.2. The zero-order chi connectivity index (χ0) is 28.8. The highest BCUT2D eigenvalue weighted by molar-refractivity contribution is 5.96. The third kappa shape index (κ3) is 7.13. The van der Waals surface area contributed by atoms with Gasteiger partial charge in [-0.25, -0.2) is 9.97 Å². The van der Waals surface area contributed by atoms with Crippen LogP contribution in [-0.4, -0.2) is 60.2 Å². The molecule has 2 fully saturated rings. The van der Waals surface area contributed by atoms with Gasteiger partial charge in [-0.3, -0.25) is 9.59 Å². The number of nitrogens with two attached hydrogens (primary N) is 1. The van der Waals surface area contributed by atoms with Crippen LogP contribution in [0.25, 0.3) is 0 Å². The lowest BCUT2D eigenvalue weighted by atomic mass is 9.97. The van der Waals surface area contributed by atoms with Gasteiger partial charge >= 0.3 is 0 Å². The molecule has 10 heteroatoms. The van der Waals surface area contributed by atoms with E-state index in [2.05, 4.69) is 39.6 Å². The second kappa shape index (κ2) is 13.0. The predicted octanol–water partition coefficient (Wildman–Crippen LogP) is 4.40. The van der Waals surface area contributed by atoms with E-state index in [1.807, 2.05) is 43.3 Å². The Balaban J connectivity index is 1.26. The summed E-state index contributed by atoms with van der Waals surface area (Å²) in [6.45, 7) is 6.39. The zero-order valence-corrected chi connectivity index (χ0v) is 23.6. The van der Waals surface area contributed by atoms with E-state index < -0.39 is 5.91 Å². The number of benzene rings is 2. The fourth-order valence-corrected chi connectivity index (χ4v) is 5.15. The molecule has 5 rings (SSSR count). The number of anilines is 3. The predicted molar refractivity (Wildman–Crippen MR) is 158 cm³/mol. The van der Waals surface area contributed by atoms with Crippen molar-refractivity contribution in [2.75, 3.05) is 36.6 Å². The molecule has 4 N–H and O–H groups in total. The van der Waals surface area contributed by atoms with Gasteiger partial charge in [0.05, 0.1) is 12.8 Å². The monoisotopic (exact) mass is 558 g/mol. The highest BCUT2D eigenvalue weighted by Gasteiger charge is 2.31. The average molecular weight is 559 g/mol. The van der Waals surface area contributed by atoms with E-state index in [-0.39, 0.29) is 29.5 Å². The molecule has 1 aliphatic heterocycles. The number of ether oxygens (including phenoxy) is 2. The maximum atomic E-state index is 13.1. The fraction of sp³-hybridized carbons (Fsp3) is 0.419. The molecule has 10 nitrogen and oxygen atoms in total. The number of aromatic nitrogens is 2. The minimum atomic E-state index is -0.674. The Hall–Kier alpha value is -4.18. The van der Waals surface area contributed by atoms with E-state index in [1.54, 1.807) is 6.20 Å². The molecule has 216 valence electrons. The summed E-state index contributed by atoms with van der Waals surface area (Å²) in [5.74, 6) is 1.49. The molecule has 41 heavy (non-hydrogen) atoms. The lowest BCUT2D eigenvalue weighted by molar-refractivity contribution is 0.0923. The van der Waals surface area contributed by atoms with Gasteiger partial charge in [0, 0.05) is 36.5 Å². The molecular formula is C31H38N6O4. The number of hydrogen-bond acceptors (Lipinski definition) is 8. The van der Waals surface area contributed by atoms with Gasteiger partial charge in [-0.15, -0.1) is 0 Å². The van der Waals surface area contributed by atoms with E-state index in [0.29, 0.717) is 48.6 Å². The summed E-state index contributed by atoms with van der Waals surface area (Å²) < 4.78 is 11.0. The Kier molecular flexibility index (Phi) is 8.98. The first-order valence-corrected chi connectivity index (χ1v) is 14.3. The number of nitrogens with one attached hydrogen (secondary N) is 2. The number of nitrogens with zero attached hydrogens (tertiary/aromatic N) is 3. The number of amides is 2. The normalized spacial score (nSPS) is 18.5. The van der Waals surface area contributed by atoms with Gasteiger partial charge in [0.25, 0.3) is 11.8 Å². The molecule has 2 atom stereocenters. The Morgan fingerprint density at radius 2 is 1.80 bits per heavy atom. The number of carbonyl (C=O) groups excluding carboxylic acids is 2. The molecule has 2 amide bonds. The van der Waals surface area contributed by atoms with Crippen molar-refractivity contribution >= 4 is 29.1 Å². The van der Waals surface area contributed by atoms with Crippen LogP contribution in [0.4, 0.5) is 17.3 Å². The van der Waals surface area contributed by atoms with Crippen molar-refractivity contribution in [2.24, 2.45) is 5.73 Å². The van der Waals surface area contributed by atoms with Crippen LogP contribution in [0.15, 0.2) is 54.7 Å². The summed E-state index contributed by atoms with van der Waals surface area (Å²) in [5.41, 5.74) is 8.35. The Labute approximate surface area is 240 Å². The van der Waals surface area contributed by atoms with Gasteiger partial charge in [0.2, 0.25) is 0 Å². The molecule has 2 heterocycles. The molecule has 0 unspecified atom stereocenters. The molecule has 0 radical (unpaired) electrons. The lowest BCUT2D eigenvalue weighted by Gasteiger charge is -2.40. The van der Waals surface area contributed by atoms with Crippen LogP contribution in [0.5, 0.6) is 5.75 Å². The SMILES string of the molecule is CCOCCOc1ccc(Nc2nc(N3CCC[C@@H](NC(=O)c4ccc(C5CC5)cc4)[C@H]3C)cnc2C(N)=O)cc1. The summed E-state index contributed by atoms with van der Waals surface area (Å²) >= 11 is 0. The first-order chi connectivity index (χ1) is 19.9. The minimum absolute atomic E-state index is 0.0341. The van der Waals surface area contributed by atoms with E-state index in [1.165, 1.54) is 18.4 Å². The first kappa shape index (κ1) is 28.4. The molecule has 1 saturated carbocycles. The van der Waals surface area contributed by atoms with Crippen LogP contribution in [0.3, 0.4) is 0 Å². The third-order valence-electron chi connectivity index (χ3n) is 7.63. The van der Waals surface area contributed by atoms with Gasteiger partial charge in [0.15, 0.2) is 11.5 Å². The topological polar surface area (TPSA) is 132 Å². The Bertz CT molecular complexity index is 1340. The van der Waals surface area contributed by atoms with Gasteiger partial charge < -0.3 is 30.7 Å². The molecule has 1 aliphatic carbocycles. The van der Waals surface area contributed by atoms with Crippen LogP contribution < -0.4 is 26.0 Å². The summed E-state index contributed by atoms with van der Waals surface area (Å²) in [7, 11) is 0. The zero-order valence-electron chi connectivity index (χ0n) is 23.6. The van der Waals surface area contributed by atoms with Crippen molar-refractivity contribution < 1.29 is 19.1 Å². The van der Waals surface area contributed by atoms with Crippen LogP contribution in [-0.2, 0) is 4.74 Å². The van der Waals surface area contributed by atoms with Gasteiger partial charge in [-0.1, -0.05) is 12.1 Å². The molecule has 0 spiro atoms. The van der Waals surface area contributed by atoms with Crippen molar-refractivity contribution in [2.45, 2.75) is 57.5 Å². The lowest BCUT2D eigenvalue weighted by Crippen LogP contribution is -2.54. The van der Waals surface area contributed by atoms with Gasteiger partial charge in [-0.2, -0.15) is 0 Å². The number of primary amides is 1. The van der Waals surface area contributed by atoms with E-state index in [0.717, 1.165) is 19.4 Å². The Morgan fingerprint density at radius 3 is 2.49 bits per heavy atom. The molecule has 1 aromatic heterocycles. The fourth-order valence-electron chi connectivity index (χ4n) is 5.15. The Morgan fingerprint density at radius 1 is 1.05 bits per heavy atom. The maximum absolute atomic E-state index is 13.1. The minimum Gasteiger partial charge on any atom is -0.491 e.